The molecule has 1 atom stereocenters. The van der Waals surface area contributed by atoms with E-state index >= 15 is 0 Å². The molecule has 1 saturated heterocycles. The number of rotatable bonds is 3. The van der Waals surface area contributed by atoms with Crippen LogP contribution in [0.5, 0.6) is 0 Å². The Balaban J connectivity index is 2.10. The number of carbonyl (C=O) groups excluding carboxylic acids is 1. The van der Waals surface area contributed by atoms with Crippen LogP contribution in [0.3, 0.4) is 0 Å². The summed E-state index contributed by atoms with van der Waals surface area (Å²) in [6.45, 7) is 4.97. The summed E-state index contributed by atoms with van der Waals surface area (Å²) in [4.78, 5) is 26.7. The molecule has 1 aromatic heterocycles. The maximum Gasteiger partial charge on any atom is 0.308 e. The second kappa shape index (κ2) is 5.10. The fraction of sp³-hybridized carbons (Fsp3) is 0.538. The first-order valence-corrected chi connectivity index (χ1v) is 6.96. The van der Waals surface area contributed by atoms with Gasteiger partial charge < -0.3 is 10.0 Å². The third kappa shape index (κ3) is 2.41. The quantitative estimate of drug-likeness (QED) is 0.913. The average molecular weight is 267 g/mol. The Labute approximate surface area is 110 Å². The van der Waals surface area contributed by atoms with Gasteiger partial charge in [0.1, 0.15) is 0 Å². The number of carboxylic acids is 1. The lowest BCUT2D eigenvalue weighted by atomic mass is 10.1. The van der Waals surface area contributed by atoms with Gasteiger partial charge in [0, 0.05) is 18.0 Å². The highest BCUT2D eigenvalue weighted by molar-refractivity contribution is 7.14. The van der Waals surface area contributed by atoms with E-state index in [0.29, 0.717) is 19.5 Å². The molecule has 1 unspecified atom stereocenters. The van der Waals surface area contributed by atoms with E-state index in [4.69, 9.17) is 5.11 Å². The smallest absolute Gasteiger partial charge is 0.308 e. The van der Waals surface area contributed by atoms with Crippen LogP contribution in [0.2, 0.25) is 0 Å². The van der Waals surface area contributed by atoms with Crippen molar-refractivity contribution in [3.8, 4) is 0 Å². The first-order chi connectivity index (χ1) is 8.52. The average Bonchev–Trinajstić information content (AvgIpc) is 2.94. The number of likely N-dealkylation sites (tertiary alicyclic amines) is 1. The monoisotopic (exact) mass is 267 g/mol. The third-order valence-corrected chi connectivity index (χ3v) is 4.75. The molecular weight excluding hydrogens is 250 g/mol. The molecule has 4 nitrogen and oxygen atoms in total. The van der Waals surface area contributed by atoms with E-state index in [1.807, 2.05) is 13.0 Å². The molecule has 0 radical (unpaired) electrons. The maximum absolute atomic E-state index is 12.2. The summed E-state index contributed by atoms with van der Waals surface area (Å²) >= 11 is 1.53. The molecular formula is C13H17NO3S. The van der Waals surface area contributed by atoms with Crippen LogP contribution in [0.1, 0.15) is 33.5 Å². The zero-order valence-corrected chi connectivity index (χ0v) is 11.4. The molecule has 0 saturated carbocycles. The summed E-state index contributed by atoms with van der Waals surface area (Å²) in [5.41, 5.74) is 1.15. The van der Waals surface area contributed by atoms with Crippen LogP contribution in [0.4, 0.5) is 0 Å². The highest BCUT2D eigenvalue weighted by Gasteiger charge is 2.31. The van der Waals surface area contributed by atoms with E-state index in [1.165, 1.54) is 16.2 Å². The predicted octanol–water partition coefficient (Wildman–Crippen LogP) is 2.17. The van der Waals surface area contributed by atoms with Gasteiger partial charge in [0.2, 0.25) is 0 Å². The molecule has 5 heteroatoms. The highest BCUT2D eigenvalue weighted by atomic mass is 32.1. The van der Waals surface area contributed by atoms with Gasteiger partial charge in [-0.15, -0.1) is 11.3 Å². The molecule has 2 heterocycles. The number of carboxylic acid groups (broad SMARTS) is 1. The number of carbonyl (C=O) groups is 2. The third-order valence-electron chi connectivity index (χ3n) is 3.38. The highest BCUT2D eigenvalue weighted by Crippen LogP contribution is 2.26. The van der Waals surface area contributed by atoms with Gasteiger partial charge in [-0.2, -0.15) is 0 Å². The summed E-state index contributed by atoms with van der Waals surface area (Å²) < 4.78 is 0. The molecule has 1 aromatic rings. The minimum atomic E-state index is -0.804. The summed E-state index contributed by atoms with van der Waals surface area (Å²) in [6, 6.07) is 1.92. The Hall–Kier alpha value is -1.36. The van der Waals surface area contributed by atoms with E-state index in [0.717, 1.165) is 16.9 Å². The zero-order chi connectivity index (χ0) is 13.3. The molecule has 0 aliphatic carbocycles. The molecule has 2 rings (SSSR count). The number of amides is 1. The molecule has 98 valence electrons. The Morgan fingerprint density at radius 1 is 1.56 bits per heavy atom. The number of thiophene rings is 1. The van der Waals surface area contributed by atoms with Crippen LogP contribution >= 0.6 is 11.3 Å². The lowest BCUT2D eigenvalue weighted by Gasteiger charge is -2.14. The van der Waals surface area contributed by atoms with Crippen LogP contribution in [-0.4, -0.2) is 35.0 Å². The molecule has 1 amide bonds. The fourth-order valence-electron chi connectivity index (χ4n) is 2.28. The summed E-state index contributed by atoms with van der Waals surface area (Å²) in [5.74, 6) is -1.23. The summed E-state index contributed by atoms with van der Waals surface area (Å²) in [5, 5.41) is 8.93. The van der Waals surface area contributed by atoms with Crippen molar-refractivity contribution in [2.75, 3.05) is 13.1 Å². The molecule has 1 aliphatic rings. The standard InChI is InChI=1S/C13H17NO3S/c1-3-10-8(2)6-11(18-10)12(15)14-5-4-9(7-14)13(16)17/h6,9H,3-5,7H2,1-2H3,(H,16,17). The van der Waals surface area contributed by atoms with E-state index in [2.05, 4.69) is 6.92 Å². The van der Waals surface area contributed by atoms with Gasteiger partial charge in [-0.05, 0) is 31.4 Å². The SMILES string of the molecule is CCc1sc(C(=O)N2CCC(C(=O)O)C2)cc1C. The van der Waals surface area contributed by atoms with Crippen LogP contribution in [-0.2, 0) is 11.2 Å². The molecule has 0 spiro atoms. The van der Waals surface area contributed by atoms with Crippen LogP contribution < -0.4 is 0 Å². The molecule has 0 aromatic carbocycles. The number of nitrogens with zero attached hydrogens (tertiary/aromatic N) is 1. The van der Waals surface area contributed by atoms with Gasteiger partial charge in [-0.3, -0.25) is 9.59 Å². The van der Waals surface area contributed by atoms with Crippen molar-refractivity contribution in [2.24, 2.45) is 5.92 Å². The van der Waals surface area contributed by atoms with Crippen molar-refractivity contribution in [1.29, 1.82) is 0 Å². The molecule has 1 fully saturated rings. The van der Waals surface area contributed by atoms with E-state index in [9.17, 15) is 9.59 Å². The van der Waals surface area contributed by atoms with Crippen LogP contribution in [0, 0.1) is 12.8 Å². The Morgan fingerprint density at radius 3 is 2.78 bits per heavy atom. The van der Waals surface area contributed by atoms with Crippen molar-refractivity contribution in [1.82, 2.24) is 4.90 Å². The minimum Gasteiger partial charge on any atom is -0.481 e. The van der Waals surface area contributed by atoms with Gasteiger partial charge in [-0.1, -0.05) is 6.92 Å². The minimum absolute atomic E-state index is 0.0217. The number of aliphatic carboxylic acids is 1. The predicted molar refractivity (Wildman–Crippen MR) is 70.1 cm³/mol. The Bertz CT molecular complexity index is 481. The van der Waals surface area contributed by atoms with Crippen LogP contribution in [0.25, 0.3) is 0 Å². The normalized spacial score (nSPS) is 19.2. The van der Waals surface area contributed by atoms with Gasteiger partial charge >= 0.3 is 5.97 Å². The lowest BCUT2D eigenvalue weighted by Crippen LogP contribution is -2.29. The number of aryl methyl sites for hydroxylation is 2. The van der Waals surface area contributed by atoms with E-state index in [1.54, 1.807) is 4.90 Å². The molecule has 18 heavy (non-hydrogen) atoms. The first kappa shape index (κ1) is 13.1. The molecule has 1 N–H and O–H groups in total. The Kier molecular flexibility index (Phi) is 3.71. The van der Waals surface area contributed by atoms with Crippen molar-refractivity contribution in [2.45, 2.75) is 26.7 Å². The zero-order valence-electron chi connectivity index (χ0n) is 10.6. The van der Waals surface area contributed by atoms with Crippen LogP contribution in [0.15, 0.2) is 6.07 Å². The van der Waals surface area contributed by atoms with Gasteiger partial charge in [0.05, 0.1) is 10.8 Å². The lowest BCUT2D eigenvalue weighted by molar-refractivity contribution is -0.141. The second-order valence-electron chi connectivity index (χ2n) is 4.65. The Morgan fingerprint density at radius 2 is 2.28 bits per heavy atom. The van der Waals surface area contributed by atoms with Crippen molar-refractivity contribution in [3.63, 3.8) is 0 Å². The summed E-state index contributed by atoms with van der Waals surface area (Å²) in [7, 11) is 0. The summed E-state index contributed by atoms with van der Waals surface area (Å²) in [6.07, 6.45) is 1.49. The largest absolute Gasteiger partial charge is 0.481 e. The van der Waals surface area contributed by atoms with Crippen molar-refractivity contribution < 1.29 is 14.7 Å². The fourth-order valence-corrected chi connectivity index (χ4v) is 3.36. The second-order valence-corrected chi connectivity index (χ2v) is 5.78. The topological polar surface area (TPSA) is 57.6 Å². The van der Waals surface area contributed by atoms with Crippen molar-refractivity contribution in [3.05, 3.63) is 21.4 Å². The van der Waals surface area contributed by atoms with Crippen molar-refractivity contribution >= 4 is 23.2 Å². The number of hydrogen-bond donors (Lipinski definition) is 1. The number of hydrogen-bond acceptors (Lipinski definition) is 3. The molecule has 1 aliphatic heterocycles. The van der Waals surface area contributed by atoms with E-state index < -0.39 is 11.9 Å². The van der Waals surface area contributed by atoms with Gasteiger partial charge in [0.25, 0.3) is 5.91 Å². The molecule has 0 bridgehead atoms. The first-order valence-electron chi connectivity index (χ1n) is 6.14. The van der Waals surface area contributed by atoms with E-state index in [-0.39, 0.29) is 5.91 Å². The van der Waals surface area contributed by atoms with Gasteiger partial charge in [-0.25, -0.2) is 0 Å². The van der Waals surface area contributed by atoms with Gasteiger partial charge in [0.15, 0.2) is 0 Å². The maximum atomic E-state index is 12.2.